The van der Waals surface area contributed by atoms with Crippen molar-refractivity contribution in [1.82, 2.24) is 24.6 Å². The predicted molar refractivity (Wildman–Crippen MR) is 94.0 cm³/mol. The third-order valence-corrected chi connectivity index (χ3v) is 5.33. The zero-order valence-electron chi connectivity index (χ0n) is 13.6. The number of aromatic nitrogens is 3. The van der Waals surface area contributed by atoms with Crippen LogP contribution in [0, 0.1) is 0 Å². The van der Waals surface area contributed by atoms with Crippen molar-refractivity contribution >= 4 is 27.5 Å². The van der Waals surface area contributed by atoms with Crippen LogP contribution in [0.4, 0.5) is 0 Å². The number of benzene rings is 1. The lowest BCUT2D eigenvalue weighted by Crippen LogP contribution is -2.48. The summed E-state index contributed by atoms with van der Waals surface area (Å²) in [6, 6.07) is 8.24. The molecule has 1 saturated heterocycles. The highest BCUT2D eigenvalue weighted by Gasteiger charge is 2.23. The summed E-state index contributed by atoms with van der Waals surface area (Å²) >= 11 is 1.75. The molecule has 124 valence electrons. The van der Waals surface area contributed by atoms with E-state index in [0.717, 1.165) is 43.2 Å². The first-order valence-corrected chi connectivity index (χ1v) is 8.85. The summed E-state index contributed by atoms with van der Waals surface area (Å²) in [6.07, 6.45) is 3.41. The SMILES string of the molecule is Cn1cc(C(=O)N2CCN(Cc3nc4ccccc4s3)CC2)cn1. The van der Waals surface area contributed by atoms with E-state index in [1.54, 1.807) is 28.4 Å². The smallest absolute Gasteiger partial charge is 0.257 e. The molecule has 4 rings (SSSR count). The summed E-state index contributed by atoms with van der Waals surface area (Å²) in [4.78, 5) is 21.4. The van der Waals surface area contributed by atoms with E-state index in [9.17, 15) is 4.79 Å². The monoisotopic (exact) mass is 341 g/mol. The van der Waals surface area contributed by atoms with Gasteiger partial charge >= 0.3 is 0 Å². The minimum atomic E-state index is 0.0720. The summed E-state index contributed by atoms with van der Waals surface area (Å²) in [5.74, 6) is 0.0720. The summed E-state index contributed by atoms with van der Waals surface area (Å²) in [7, 11) is 1.83. The highest BCUT2D eigenvalue weighted by atomic mass is 32.1. The fourth-order valence-electron chi connectivity index (χ4n) is 3.00. The molecule has 3 heterocycles. The fraction of sp³-hybridized carbons (Fsp3) is 0.353. The molecular formula is C17H19N5OS. The van der Waals surface area contributed by atoms with Gasteiger partial charge in [0.05, 0.1) is 28.5 Å². The van der Waals surface area contributed by atoms with Crippen molar-refractivity contribution in [2.24, 2.45) is 7.05 Å². The van der Waals surface area contributed by atoms with Gasteiger partial charge in [-0.2, -0.15) is 5.10 Å². The van der Waals surface area contributed by atoms with Crippen LogP contribution in [0.3, 0.4) is 0 Å². The Morgan fingerprint density at radius 2 is 2.00 bits per heavy atom. The zero-order chi connectivity index (χ0) is 16.5. The number of carbonyl (C=O) groups is 1. The number of amides is 1. The summed E-state index contributed by atoms with van der Waals surface area (Å²) < 4.78 is 2.90. The highest BCUT2D eigenvalue weighted by Crippen LogP contribution is 2.23. The van der Waals surface area contributed by atoms with Gasteiger partial charge in [0.1, 0.15) is 5.01 Å². The predicted octanol–water partition coefficient (Wildman–Crippen LogP) is 1.99. The summed E-state index contributed by atoms with van der Waals surface area (Å²) in [6.45, 7) is 4.11. The van der Waals surface area contributed by atoms with Crippen LogP contribution in [-0.4, -0.2) is 56.7 Å². The number of nitrogens with zero attached hydrogens (tertiary/aromatic N) is 5. The van der Waals surface area contributed by atoms with Crippen LogP contribution in [-0.2, 0) is 13.6 Å². The molecule has 1 aliphatic rings. The first-order valence-electron chi connectivity index (χ1n) is 8.04. The average molecular weight is 341 g/mol. The molecule has 1 aromatic carbocycles. The third kappa shape index (κ3) is 3.05. The van der Waals surface area contributed by atoms with Crippen LogP contribution in [0.15, 0.2) is 36.7 Å². The second-order valence-corrected chi connectivity index (χ2v) is 7.16. The number of rotatable bonds is 3. The van der Waals surface area contributed by atoms with Gasteiger partial charge in [-0.25, -0.2) is 4.98 Å². The summed E-state index contributed by atoms with van der Waals surface area (Å²) in [5.41, 5.74) is 1.74. The van der Waals surface area contributed by atoms with E-state index >= 15 is 0 Å². The summed E-state index contributed by atoms with van der Waals surface area (Å²) in [5, 5.41) is 5.22. The number of para-hydroxylation sites is 1. The molecule has 7 heteroatoms. The maximum Gasteiger partial charge on any atom is 0.257 e. The van der Waals surface area contributed by atoms with Gasteiger partial charge < -0.3 is 4.90 Å². The molecule has 3 aromatic rings. The first-order chi connectivity index (χ1) is 11.7. The molecule has 0 radical (unpaired) electrons. The minimum Gasteiger partial charge on any atom is -0.336 e. The van der Waals surface area contributed by atoms with Gasteiger partial charge in [0.25, 0.3) is 5.91 Å². The number of hydrogen-bond donors (Lipinski definition) is 0. The number of thiazole rings is 1. The molecule has 0 spiro atoms. The maximum absolute atomic E-state index is 12.4. The first kappa shape index (κ1) is 15.3. The van der Waals surface area contributed by atoms with Crippen molar-refractivity contribution in [2.45, 2.75) is 6.54 Å². The van der Waals surface area contributed by atoms with Crippen molar-refractivity contribution in [3.05, 3.63) is 47.2 Å². The lowest BCUT2D eigenvalue weighted by atomic mass is 10.2. The van der Waals surface area contributed by atoms with Crippen molar-refractivity contribution in [3.63, 3.8) is 0 Å². The molecule has 2 aromatic heterocycles. The molecule has 0 N–H and O–H groups in total. The maximum atomic E-state index is 12.4. The normalized spacial score (nSPS) is 16.0. The number of aryl methyl sites for hydroxylation is 1. The number of fused-ring (bicyclic) bond motifs is 1. The Kier molecular flexibility index (Phi) is 4.03. The van der Waals surface area contributed by atoms with Gasteiger partial charge in [0, 0.05) is 39.4 Å². The van der Waals surface area contributed by atoms with Gasteiger partial charge in [0.15, 0.2) is 0 Å². The number of carbonyl (C=O) groups excluding carboxylic acids is 1. The van der Waals surface area contributed by atoms with Gasteiger partial charge in [-0.3, -0.25) is 14.4 Å². The zero-order valence-corrected chi connectivity index (χ0v) is 14.4. The van der Waals surface area contributed by atoms with E-state index in [2.05, 4.69) is 22.1 Å². The van der Waals surface area contributed by atoms with E-state index in [0.29, 0.717) is 5.56 Å². The van der Waals surface area contributed by atoms with Gasteiger partial charge in [0.2, 0.25) is 0 Å². The van der Waals surface area contributed by atoms with Crippen molar-refractivity contribution < 1.29 is 4.79 Å². The van der Waals surface area contributed by atoms with Crippen LogP contribution in [0.1, 0.15) is 15.4 Å². The van der Waals surface area contributed by atoms with Crippen molar-refractivity contribution in [3.8, 4) is 0 Å². The third-order valence-electron chi connectivity index (χ3n) is 4.31. The highest BCUT2D eigenvalue weighted by molar-refractivity contribution is 7.18. The topological polar surface area (TPSA) is 54.3 Å². The van der Waals surface area contributed by atoms with Crippen molar-refractivity contribution in [2.75, 3.05) is 26.2 Å². The van der Waals surface area contributed by atoms with E-state index in [4.69, 9.17) is 4.98 Å². The number of piperazine rings is 1. The molecule has 0 saturated carbocycles. The fourth-order valence-corrected chi connectivity index (χ4v) is 4.01. The van der Waals surface area contributed by atoms with Gasteiger partial charge in [-0.05, 0) is 12.1 Å². The van der Waals surface area contributed by atoms with E-state index < -0.39 is 0 Å². The Morgan fingerprint density at radius 1 is 1.21 bits per heavy atom. The number of hydrogen-bond acceptors (Lipinski definition) is 5. The van der Waals surface area contributed by atoms with Crippen LogP contribution < -0.4 is 0 Å². The Morgan fingerprint density at radius 3 is 2.71 bits per heavy atom. The van der Waals surface area contributed by atoms with Crippen LogP contribution in [0.5, 0.6) is 0 Å². The molecular weight excluding hydrogens is 322 g/mol. The lowest BCUT2D eigenvalue weighted by Gasteiger charge is -2.34. The minimum absolute atomic E-state index is 0.0720. The van der Waals surface area contributed by atoms with E-state index in [-0.39, 0.29) is 5.91 Å². The molecule has 24 heavy (non-hydrogen) atoms. The Bertz CT molecular complexity index is 830. The molecule has 0 bridgehead atoms. The standard InChI is InChI=1S/C17H19N5OS/c1-20-11-13(10-18-20)17(23)22-8-6-21(7-9-22)12-16-19-14-4-2-3-5-15(14)24-16/h2-5,10-11H,6-9,12H2,1H3. The van der Waals surface area contributed by atoms with Crippen molar-refractivity contribution in [1.29, 1.82) is 0 Å². The molecule has 0 atom stereocenters. The second-order valence-electron chi connectivity index (χ2n) is 6.05. The molecule has 1 amide bonds. The second kappa shape index (κ2) is 6.33. The van der Waals surface area contributed by atoms with Gasteiger partial charge in [-0.15, -0.1) is 11.3 Å². The molecule has 0 aliphatic carbocycles. The van der Waals surface area contributed by atoms with Crippen LogP contribution >= 0.6 is 11.3 Å². The molecule has 0 unspecified atom stereocenters. The lowest BCUT2D eigenvalue weighted by molar-refractivity contribution is 0.0628. The molecule has 1 aliphatic heterocycles. The van der Waals surface area contributed by atoms with Gasteiger partial charge in [-0.1, -0.05) is 12.1 Å². The van der Waals surface area contributed by atoms with E-state index in [1.165, 1.54) is 4.70 Å². The Labute approximate surface area is 144 Å². The Balaban J connectivity index is 1.36. The van der Waals surface area contributed by atoms with E-state index in [1.807, 2.05) is 24.1 Å². The van der Waals surface area contributed by atoms with Crippen LogP contribution in [0.2, 0.25) is 0 Å². The average Bonchev–Trinajstić information content (AvgIpc) is 3.20. The molecule has 6 nitrogen and oxygen atoms in total. The van der Waals surface area contributed by atoms with Crippen LogP contribution in [0.25, 0.3) is 10.2 Å². The molecule has 1 fully saturated rings. The largest absolute Gasteiger partial charge is 0.336 e. The Hall–Kier alpha value is -2.25. The quantitative estimate of drug-likeness (QED) is 0.731.